The van der Waals surface area contributed by atoms with Gasteiger partial charge in [-0.25, -0.2) is 4.98 Å². The highest BCUT2D eigenvalue weighted by atomic mass is 35.5. The first-order valence-electron chi connectivity index (χ1n) is 6.53. The zero-order valence-corrected chi connectivity index (χ0v) is 11.7. The zero-order valence-electron chi connectivity index (χ0n) is 10.9. The topological polar surface area (TPSA) is 82.8 Å². The molecular formula is C13H18ClN5. The van der Waals surface area contributed by atoms with E-state index in [2.05, 4.69) is 9.97 Å². The van der Waals surface area contributed by atoms with Crippen LogP contribution in [0.4, 0.5) is 0 Å². The third-order valence-corrected chi connectivity index (χ3v) is 4.16. The summed E-state index contributed by atoms with van der Waals surface area (Å²) in [6.07, 6.45) is 5.62. The Morgan fingerprint density at radius 2 is 2.26 bits per heavy atom. The van der Waals surface area contributed by atoms with Crippen molar-refractivity contribution in [2.45, 2.75) is 37.3 Å². The molecule has 0 radical (unpaired) electrons. The maximum Gasteiger partial charge on any atom is 0.224 e. The normalized spacial score (nSPS) is 27.9. The predicted molar refractivity (Wildman–Crippen MR) is 75.8 cm³/mol. The maximum absolute atomic E-state index is 6.58. The van der Waals surface area contributed by atoms with E-state index in [1.807, 2.05) is 23.9 Å². The van der Waals surface area contributed by atoms with Crippen LogP contribution in [0.15, 0.2) is 12.3 Å². The van der Waals surface area contributed by atoms with Crippen LogP contribution in [-0.2, 0) is 12.6 Å². The molecule has 0 aromatic carbocycles. The molecule has 1 aliphatic carbocycles. The lowest BCUT2D eigenvalue weighted by molar-refractivity contribution is 0.269. The number of halogens is 1. The van der Waals surface area contributed by atoms with E-state index >= 15 is 0 Å². The number of rotatable bonds is 1. The van der Waals surface area contributed by atoms with Gasteiger partial charge >= 0.3 is 0 Å². The molecule has 102 valence electrons. The summed E-state index contributed by atoms with van der Waals surface area (Å²) >= 11 is 6.05. The standard InChI is InChI=1S/C13H18ClN5/c1-19-6-4-9-10(17-12(14)18-11(9)19)13(16)5-2-3-8(15)7-13/h4,6,8H,2-3,5,7,15-16H2,1H3. The summed E-state index contributed by atoms with van der Waals surface area (Å²) in [7, 11) is 1.94. The molecule has 2 aromatic heterocycles. The Hall–Kier alpha value is -1.17. The van der Waals surface area contributed by atoms with Crippen LogP contribution in [-0.4, -0.2) is 20.6 Å². The van der Waals surface area contributed by atoms with Gasteiger partial charge in [0.2, 0.25) is 5.28 Å². The Balaban J connectivity index is 2.18. The Morgan fingerprint density at radius 3 is 3.00 bits per heavy atom. The number of fused-ring (bicyclic) bond motifs is 1. The summed E-state index contributed by atoms with van der Waals surface area (Å²) in [5, 5.41) is 1.22. The minimum absolute atomic E-state index is 0.131. The summed E-state index contributed by atoms with van der Waals surface area (Å²) in [6.45, 7) is 0. The second kappa shape index (κ2) is 4.44. The van der Waals surface area contributed by atoms with Crippen LogP contribution in [0, 0.1) is 0 Å². The summed E-state index contributed by atoms with van der Waals surface area (Å²) < 4.78 is 1.93. The molecule has 2 unspecified atom stereocenters. The molecule has 2 aromatic rings. The first-order valence-corrected chi connectivity index (χ1v) is 6.91. The van der Waals surface area contributed by atoms with Gasteiger partial charge in [-0.1, -0.05) is 0 Å². The second-order valence-corrected chi connectivity index (χ2v) is 5.86. The van der Waals surface area contributed by atoms with Gasteiger partial charge < -0.3 is 16.0 Å². The van der Waals surface area contributed by atoms with Crippen molar-refractivity contribution in [2.75, 3.05) is 0 Å². The molecular weight excluding hydrogens is 262 g/mol. The number of hydrogen-bond acceptors (Lipinski definition) is 4. The fraction of sp³-hybridized carbons (Fsp3) is 0.538. The predicted octanol–water partition coefficient (Wildman–Crippen LogP) is 1.68. The van der Waals surface area contributed by atoms with Crippen LogP contribution < -0.4 is 11.5 Å². The van der Waals surface area contributed by atoms with Gasteiger partial charge in [-0.2, -0.15) is 4.98 Å². The van der Waals surface area contributed by atoms with Gasteiger partial charge in [0.15, 0.2) is 0 Å². The number of aromatic nitrogens is 3. The van der Waals surface area contributed by atoms with E-state index < -0.39 is 5.54 Å². The number of nitrogens with two attached hydrogens (primary N) is 2. The van der Waals surface area contributed by atoms with Gasteiger partial charge in [0.1, 0.15) is 5.65 Å². The molecule has 0 saturated heterocycles. The van der Waals surface area contributed by atoms with Crippen molar-refractivity contribution in [3.05, 3.63) is 23.2 Å². The molecule has 0 spiro atoms. The van der Waals surface area contributed by atoms with Gasteiger partial charge in [0.05, 0.1) is 11.2 Å². The van der Waals surface area contributed by atoms with Crippen molar-refractivity contribution in [1.82, 2.24) is 14.5 Å². The number of aryl methyl sites for hydroxylation is 1. The van der Waals surface area contributed by atoms with E-state index in [1.54, 1.807) is 0 Å². The van der Waals surface area contributed by atoms with E-state index in [9.17, 15) is 0 Å². The minimum Gasteiger partial charge on any atom is -0.335 e. The smallest absolute Gasteiger partial charge is 0.224 e. The van der Waals surface area contributed by atoms with Gasteiger partial charge in [-0.3, -0.25) is 0 Å². The van der Waals surface area contributed by atoms with Gasteiger partial charge in [0, 0.05) is 24.7 Å². The molecule has 0 aliphatic heterocycles. The summed E-state index contributed by atoms with van der Waals surface area (Å²) in [5.74, 6) is 0. The highest BCUT2D eigenvalue weighted by molar-refractivity contribution is 6.28. The first-order chi connectivity index (χ1) is 8.99. The fourth-order valence-corrected chi connectivity index (χ4v) is 3.22. The lowest BCUT2D eigenvalue weighted by Crippen LogP contribution is -2.46. The summed E-state index contributed by atoms with van der Waals surface area (Å²) in [6, 6.07) is 2.13. The van der Waals surface area contributed by atoms with Crippen molar-refractivity contribution >= 4 is 22.6 Å². The lowest BCUT2D eigenvalue weighted by atomic mass is 9.77. The van der Waals surface area contributed by atoms with Crippen LogP contribution in [0.3, 0.4) is 0 Å². The highest BCUT2D eigenvalue weighted by Crippen LogP contribution is 2.37. The molecule has 0 amide bonds. The Kier molecular flexibility index (Phi) is 3.00. The molecule has 19 heavy (non-hydrogen) atoms. The van der Waals surface area contributed by atoms with E-state index in [0.29, 0.717) is 0 Å². The molecule has 2 atom stereocenters. The third-order valence-electron chi connectivity index (χ3n) is 3.99. The maximum atomic E-state index is 6.58. The Bertz CT molecular complexity index is 623. The van der Waals surface area contributed by atoms with Crippen molar-refractivity contribution in [1.29, 1.82) is 0 Å². The minimum atomic E-state index is -0.496. The summed E-state index contributed by atoms with van der Waals surface area (Å²) in [5.41, 5.74) is 13.8. The van der Waals surface area contributed by atoms with Crippen LogP contribution in [0.2, 0.25) is 5.28 Å². The molecule has 4 N–H and O–H groups in total. The van der Waals surface area contributed by atoms with E-state index in [4.69, 9.17) is 23.1 Å². The molecule has 1 saturated carbocycles. The van der Waals surface area contributed by atoms with Gasteiger partial charge in [-0.05, 0) is 43.4 Å². The largest absolute Gasteiger partial charge is 0.335 e. The van der Waals surface area contributed by atoms with Crippen molar-refractivity contribution in [3.63, 3.8) is 0 Å². The zero-order chi connectivity index (χ0) is 13.6. The molecule has 2 heterocycles. The average molecular weight is 280 g/mol. The van der Waals surface area contributed by atoms with Crippen LogP contribution in [0.1, 0.15) is 31.4 Å². The molecule has 1 fully saturated rings. The molecule has 3 rings (SSSR count). The van der Waals surface area contributed by atoms with E-state index in [1.165, 1.54) is 0 Å². The van der Waals surface area contributed by atoms with Gasteiger partial charge in [-0.15, -0.1) is 0 Å². The van der Waals surface area contributed by atoms with Crippen LogP contribution in [0.25, 0.3) is 11.0 Å². The highest BCUT2D eigenvalue weighted by Gasteiger charge is 2.36. The van der Waals surface area contributed by atoms with Crippen LogP contribution in [0.5, 0.6) is 0 Å². The molecule has 5 nitrogen and oxygen atoms in total. The quantitative estimate of drug-likeness (QED) is 0.778. The van der Waals surface area contributed by atoms with E-state index in [-0.39, 0.29) is 11.3 Å². The Labute approximate surface area is 117 Å². The molecule has 0 bridgehead atoms. The van der Waals surface area contributed by atoms with Crippen molar-refractivity contribution in [2.24, 2.45) is 18.5 Å². The summed E-state index contributed by atoms with van der Waals surface area (Å²) in [4.78, 5) is 8.68. The van der Waals surface area contributed by atoms with E-state index in [0.717, 1.165) is 42.4 Å². The van der Waals surface area contributed by atoms with Crippen molar-refractivity contribution < 1.29 is 0 Å². The number of hydrogen-bond donors (Lipinski definition) is 2. The second-order valence-electron chi connectivity index (χ2n) is 5.52. The molecule has 6 heteroatoms. The SMILES string of the molecule is Cn1ccc2c(C3(N)CCCC(N)C3)nc(Cl)nc21. The first kappa shape index (κ1) is 12.8. The molecule has 1 aliphatic rings. The fourth-order valence-electron chi connectivity index (χ4n) is 3.06. The average Bonchev–Trinajstić information content (AvgIpc) is 2.70. The van der Waals surface area contributed by atoms with Crippen LogP contribution >= 0.6 is 11.6 Å². The van der Waals surface area contributed by atoms with Crippen molar-refractivity contribution in [3.8, 4) is 0 Å². The Morgan fingerprint density at radius 1 is 1.47 bits per heavy atom. The third kappa shape index (κ3) is 2.12. The number of nitrogens with zero attached hydrogens (tertiary/aromatic N) is 3. The lowest BCUT2D eigenvalue weighted by Gasteiger charge is -2.36. The van der Waals surface area contributed by atoms with Gasteiger partial charge in [0.25, 0.3) is 0 Å². The monoisotopic (exact) mass is 279 g/mol.